The Hall–Kier alpha value is -3.86. The van der Waals surface area contributed by atoms with Crippen molar-refractivity contribution in [2.24, 2.45) is 5.92 Å². The smallest absolute Gasteiger partial charge is 0.253 e. The van der Waals surface area contributed by atoms with Crippen molar-refractivity contribution >= 4 is 17.8 Å². The Labute approximate surface area is 225 Å². The van der Waals surface area contributed by atoms with Crippen molar-refractivity contribution < 1.29 is 14.3 Å². The van der Waals surface area contributed by atoms with E-state index in [2.05, 4.69) is 21.5 Å². The number of carbonyl (C=O) groups excluding carboxylic acids is 2. The van der Waals surface area contributed by atoms with Crippen molar-refractivity contribution in [3.05, 3.63) is 59.4 Å². The van der Waals surface area contributed by atoms with Crippen LogP contribution in [0.2, 0.25) is 0 Å². The van der Waals surface area contributed by atoms with Gasteiger partial charge >= 0.3 is 0 Å². The molecule has 0 saturated carbocycles. The summed E-state index contributed by atoms with van der Waals surface area (Å²) in [6, 6.07) is 8.73. The molecule has 200 valence electrons. The molecule has 0 bridgehead atoms. The first kappa shape index (κ1) is 27.2. The second kappa shape index (κ2) is 10.5. The zero-order chi connectivity index (χ0) is 27.7. The number of terminal acetylenes is 1. The second-order valence-corrected chi connectivity index (χ2v) is 11.4. The lowest BCUT2D eigenvalue weighted by Gasteiger charge is -2.45. The quantitative estimate of drug-likeness (QED) is 0.462. The van der Waals surface area contributed by atoms with Gasteiger partial charge in [0.2, 0.25) is 5.91 Å². The molecule has 1 aromatic carbocycles. The molecule has 2 aliphatic heterocycles. The van der Waals surface area contributed by atoms with Gasteiger partial charge in [0.1, 0.15) is 11.4 Å². The number of pyridine rings is 1. The zero-order valence-electron chi connectivity index (χ0n) is 22.8. The first-order chi connectivity index (χ1) is 17.9. The van der Waals surface area contributed by atoms with Crippen LogP contribution in [0.1, 0.15) is 93.9 Å². The third-order valence-corrected chi connectivity index (χ3v) is 7.67. The van der Waals surface area contributed by atoms with Gasteiger partial charge in [0, 0.05) is 36.3 Å². The summed E-state index contributed by atoms with van der Waals surface area (Å²) in [6.45, 7) is 10.0. The number of aromatic nitrogens is 1. The Kier molecular flexibility index (Phi) is 7.50. The molecule has 38 heavy (non-hydrogen) atoms. The fourth-order valence-corrected chi connectivity index (χ4v) is 5.18. The van der Waals surface area contributed by atoms with Gasteiger partial charge in [-0.2, -0.15) is 0 Å². The molecule has 0 unspecified atom stereocenters. The van der Waals surface area contributed by atoms with E-state index in [0.717, 1.165) is 11.3 Å². The van der Waals surface area contributed by atoms with E-state index < -0.39 is 17.2 Å². The normalized spacial score (nSPS) is 23.1. The third kappa shape index (κ3) is 5.52. The number of benzene rings is 1. The molecule has 3 N–H and O–H groups in total. The molecule has 0 aliphatic carbocycles. The summed E-state index contributed by atoms with van der Waals surface area (Å²) >= 11 is 0. The lowest BCUT2D eigenvalue weighted by Crippen LogP contribution is -2.63. The standard InChI is InChI=1S/C30H37N5O3/c1-7-8-12-24(35-26(36)16-30(6,19(2)3)34-28(35)31)20-14-21(18-32-17-20)27(37)33-23-15-29(4,5)38-25-13-10-9-11-22(23)25/h1,9-11,13-14,17-19,23-24H,8,12,15-16H2,2-6H3,(H2,31,34)(H,33,37)/t23-,24-,30-/m0/s1. The molecular formula is C30H37N5O3. The van der Waals surface area contributed by atoms with Crippen LogP contribution >= 0.6 is 0 Å². The van der Waals surface area contributed by atoms with Gasteiger partial charge in [-0.05, 0) is 50.8 Å². The van der Waals surface area contributed by atoms with Gasteiger partial charge in [-0.25, -0.2) is 0 Å². The van der Waals surface area contributed by atoms with Crippen LogP contribution in [0.15, 0.2) is 42.7 Å². The largest absolute Gasteiger partial charge is 0.487 e. The van der Waals surface area contributed by atoms with Crippen LogP contribution < -0.4 is 15.4 Å². The SMILES string of the molecule is C#CCC[C@@H](c1cncc(C(=O)N[C@H]2CC(C)(C)Oc3ccccc32)c1)N1C(=N)N[C@](C)(C(C)C)CC1=O. The van der Waals surface area contributed by atoms with Crippen LogP contribution in [-0.2, 0) is 4.79 Å². The number of carbonyl (C=O) groups is 2. The lowest BCUT2D eigenvalue weighted by molar-refractivity contribution is -0.133. The van der Waals surface area contributed by atoms with Crippen molar-refractivity contribution in [2.75, 3.05) is 0 Å². The molecule has 8 nitrogen and oxygen atoms in total. The number of hydrogen-bond acceptors (Lipinski definition) is 5. The Morgan fingerprint density at radius 3 is 2.74 bits per heavy atom. The van der Waals surface area contributed by atoms with E-state index in [-0.39, 0.29) is 36.2 Å². The summed E-state index contributed by atoms with van der Waals surface area (Å²) < 4.78 is 6.10. The predicted molar refractivity (Wildman–Crippen MR) is 147 cm³/mol. The van der Waals surface area contributed by atoms with Gasteiger partial charge < -0.3 is 15.4 Å². The number of nitrogens with one attached hydrogen (secondary N) is 3. The highest BCUT2D eigenvalue weighted by Crippen LogP contribution is 2.39. The van der Waals surface area contributed by atoms with Crippen LogP contribution in [0.3, 0.4) is 0 Å². The highest BCUT2D eigenvalue weighted by atomic mass is 16.5. The summed E-state index contributed by atoms with van der Waals surface area (Å²) in [5.74, 6) is 3.18. The number of amides is 2. The van der Waals surface area contributed by atoms with Gasteiger partial charge in [-0.15, -0.1) is 12.3 Å². The Morgan fingerprint density at radius 2 is 2.05 bits per heavy atom. The number of para-hydroxylation sites is 1. The fourth-order valence-electron chi connectivity index (χ4n) is 5.18. The molecule has 0 spiro atoms. The molecule has 2 amide bonds. The number of rotatable bonds is 7. The summed E-state index contributed by atoms with van der Waals surface area (Å²) in [7, 11) is 0. The van der Waals surface area contributed by atoms with Crippen LogP contribution in [0.25, 0.3) is 0 Å². The average molecular weight is 516 g/mol. The maximum Gasteiger partial charge on any atom is 0.253 e. The molecule has 3 atom stereocenters. The molecular weight excluding hydrogens is 478 g/mol. The topological polar surface area (TPSA) is 107 Å². The van der Waals surface area contributed by atoms with E-state index in [1.807, 2.05) is 58.9 Å². The Balaban J connectivity index is 1.60. The van der Waals surface area contributed by atoms with E-state index in [1.165, 1.54) is 11.1 Å². The summed E-state index contributed by atoms with van der Waals surface area (Å²) in [5.41, 5.74) is 1.04. The Bertz CT molecular complexity index is 1260. The number of guanidine groups is 1. The second-order valence-electron chi connectivity index (χ2n) is 11.4. The van der Waals surface area contributed by atoms with E-state index >= 15 is 0 Å². The molecule has 1 saturated heterocycles. The number of nitrogens with zero attached hydrogens (tertiary/aromatic N) is 2. The van der Waals surface area contributed by atoms with Crippen LogP contribution in [0.5, 0.6) is 5.75 Å². The van der Waals surface area contributed by atoms with E-state index in [1.54, 1.807) is 12.3 Å². The van der Waals surface area contributed by atoms with Gasteiger partial charge in [-0.3, -0.25) is 24.9 Å². The van der Waals surface area contributed by atoms with Crippen molar-refractivity contribution in [3.63, 3.8) is 0 Å². The first-order valence-electron chi connectivity index (χ1n) is 13.1. The van der Waals surface area contributed by atoms with Gasteiger partial charge in [0.05, 0.1) is 24.1 Å². The van der Waals surface area contributed by atoms with Crippen molar-refractivity contribution in [2.45, 2.75) is 83.5 Å². The first-order valence-corrected chi connectivity index (χ1v) is 13.1. The maximum absolute atomic E-state index is 13.4. The predicted octanol–water partition coefficient (Wildman–Crippen LogP) is 4.74. The number of hydrogen-bond donors (Lipinski definition) is 3. The molecule has 4 rings (SSSR count). The minimum absolute atomic E-state index is 0.0374. The zero-order valence-corrected chi connectivity index (χ0v) is 22.8. The minimum Gasteiger partial charge on any atom is -0.487 e. The number of fused-ring (bicyclic) bond motifs is 1. The Morgan fingerprint density at radius 1 is 1.32 bits per heavy atom. The van der Waals surface area contributed by atoms with E-state index in [0.29, 0.717) is 30.4 Å². The maximum atomic E-state index is 13.4. The van der Waals surface area contributed by atoms with Gasteiger partial charge in [0.15, 0.2) is 5.96 Å². The highest BCUT2D eigenvalue weighted by Gasteiger charge is 2.43. The van der Waals surface area contributed by atoms with Crippen LogP contribution in [0.4, 0.5) is 0 Å². The fraction of sp³-hybridized carbons (Fsp3) is 0.467. The monoisotopic (exact) mass is 515 g/mol. The average Bonchev–Trinajstić information content (AvgIpc) is 2.84. The lowest BCUT2D eigenvalue weighted by atomic mass is 9.83. The third-order valence-electron chi connectivity index (χ3n) is 7.67. The summed E-state index contributed by atoms with van der Waals surface area (Å²) in [6.07, 6.45) is 10.5. The summed E-state index contributed by atoms with van der Waals surface area (Å²) in [5, 5.41) is 15.1. The van der Waals surface area contributed by atoms with Gasteiger partial charge in [-0.1, -0.05) is 32.0 Å². The minimum atomic E-state index is -0.516. The molecule has 3 heterocycles. The highest BCUT2D eigenvalue weighted by molar-refractivity contribution is 6.00. The van der Waals surface area contributed by atoms with E-state index in [4.69, 9.17) is 16.6 Å². The van der Waals surface area contributed by atoms with Crippen LogP contribution in [0, 0.1) is 23.7 Å². The molecule has 1 fully saturated rings. The molecule has 8 heteroatoms. The van der Waals surface area contributed by atoms with Crippen LogP contribution in [-0.4, -0.2) is 38.8 Å². The van der Waals surface area contributed by atoms with E-state index in [9.17, 15) is 9.59 Å². The summed E-state index contributed by atoms with van der Waals surface area (Å²) in [4.78, 5) is 32.6. The molecule has 2 aromatic rings. The number of ether oxygens (including phenoxy) is 1. The van der Waals surface area contributed by atoms with Crippen molar-refractivity contribution in [1.29, 1.82) is 5.41 Å². The van der Waals surface area contributed by atoms with Crippen molar-refractivity contribution in [3.8, 4) is 18.1 Å². The van der Waals surface area contributed by atoms with Gasteiger partial charge in [0.25, 0.3) is 5.91 Å². The molecule has 1 aromatic heterocycles. The molecule has 2 aliphatic rings. The molecule has 0 radical (unpaired) electrons. The van der Waals surface area contributed by atoms with Crippen molar-refractivity contribution in [1.82, 2.24) is 20.5 Å².